The summed E-state index contributed by atoms with van der Waals surface area (Å²) in [5.41, 5.74) is 0. The van der Waals surface area contributed by atoms with Gasteiger partial charge in [0, 0.05) is 0 Å². The van der Waals surface area contributed by atoms with Gasteiger partial charge in [-0.25, -0.2) is 0 Å². The molecule has 5 atom stereocenters. The molecular formula is C39H72O6. The first-order chi connectivity index (χ1) is 21.7. The van der Waals surface area contributed by atoms with Crippen LogP contribution in [0.15, 0.2) is 24.3 Å². The normalized spacial score (nSPS) is 15.4. The van der Waals surface area contributed by atoms with Gasteiger partial charge in [0.25, 0.3) is 0 Å². The highest BCUT2D eigenvalue weighted by atomic mass is 16.4. The van der Waals surface area contributed by atoms with E-state index >= 15 is 0 Å². The first-order valence-electron chi connectivity index (χ1n) is 18.8. The van der Waals surface area contributed by atoms with E-state index in [1.54, 1.807) is 0 Å². The standard InChI is InChI=1S/C39H72O6/c1-4-6-8-21-27-35(40)29-23-17-13-10-12-16-20-26-34(38(42)43)32-33(3)37(39(44)45)31-25-19-15-11-14-18-24-30-36(41)28-22-9-7-5-2/h17-18,23-24,33-37,40-41H,4-16,19-22,25-32H2,1-3H3,(H,42,43)(H,44,45)/b23-17+,24-18+. The maximum atomic E-state index is 12.0. The molecule has 0 radical (unpaired) electrons. The summed E-state index contributed by atoms with van der Waals surface area (Å²) >= 11 is 0. The van der Waals surface area contributed by atoms with Crippen LogP contribution in [0.25, 0.3) is 0 Å². The van der Waals surface area contributed by atoms with Gasteiger partial charge in [-0.1, -0.05) is 135 Å². The number of aliphatic hydroxyl groups is 2. The maximum Gasteiger partial charge on any atom is 0.306 e. The Morgan fingerprint density at radius 3 is 1.40 bits per heavy atom. The summed E-state index contributed by atoms with van der Waals surface area (Å²) < 4.78 is 0. The second-order valence-corrected chi connectivity index (χ2v) is 13.6. The number of aliphatic carboxylic acids is 2. The number of allylic oxidation sites excluding steroid dienone is 2. The Bertz CT molecular complexity index is 748. The van der Waals surface area contributed by atoms with E-state index in [0.29, 0.717) is 19.3 Å². The van der Waals surface area contributed by atoms with Crippen molar-refractivity contribution in [3.05, 3.63) is 24.3 Å². The van der Waals surface area contributed by atoms with Gasteiger partial charge in [0.15, 0.2) is 0 Å². The Kier molecular flexibility index (Phi) is 29.8. The van der Waals surface area contributed by atoms with Crippen molar-refractivity contribution >= 4 is 11.9 Å². The molecule has 6 nitrogen and oxygen atoms in total. The lowest BCUT2D eigenvalue weighted by Gasteiger charge is -2.23. The molecule has 0 saturated carbocycles. The average Bonchev–Trinajstić information content (AvgIpc) is 3.00. The largest absolute Gasteiger partial charge is 0.481 e. The van der Waals surface area contributed by atoms with Gasteiger partial charge in [-0.05, 0) is 76.5 Å². The molecule has 0 fully saturated rings. The lowest BCUT2D eigenvalue weighted by Crippen LogP contribution is -2.26. The monoisotopic (exact) mass is 637 g/mol. The van der Waals surface area contributed by atoms with Crippen LogP contribution in [0.2, 0.25) is 0 Å². The van der Waals surface area contributed by atoms with E-state index in [-0.39, 0.29) is 18.1 Å². The van der Waals surface area contributed by atoms with Crippen molar-refractivity contribution in [2.45, 2.75) is 193 Å². The Morgan fingerprint density at radius 2 is 0.956 bits per heavy atom. The molecule has 45 heavy (non-hydrogen) atoms. The average molecular weight is 637 g/mol. The lowest BCUT2D eigenvalue weighted by molar-refractivity contribution is -0.147. The molecule has 0 amide bonds. The highest BCUT2D eigenvalue weighted by molar-refractivity contribution is 5.71. The van der Waals surface area contributed by atoms with Gasteiger partial charge in [-0.15, -0.1) is 0 Å². The number of carboxylic acids is 2. The summed E-state index contributed by atoms with van der Waals surface area (Å²) in [5.74, 6) is -2.75. The number of carboxylic acid groups (broad SMARTS) is 2. The van der Waals surface area contributed by atoms with Gasteiger partial charge >= 0.3 is 11.9 Å². The third-order valence-corrected chi connectivity index (χ3v) is 9.25. The van der Waals surface area contributed by atoms with Crippen LogP contribution in [-0.2, 0) is 9.59 Å². The molecule has 0 heterocycles. The van der Waals surface area contributed by atoms with Crippen LogP contribution < -0.4 is 0 Å². The summed E-state index contributed by atoms with van der Waals surface area (Å²) in [6, 6.07) is 0. The molecule has 0 saturated heterocycles. The summed E-state index contributed by atoms with van der Waals surface area (Å²) in [7, 11) is 0. The highest BCUT2D eigenvalue weighted by Gasteiger charge is 2.29. The fourth-order valence-electron chi connectivity index (χ4n) is 6.18. The van der Waals surface area contributed by atoms with Crippen LogP contribution in [0.5, 0.6) is 0 Å². The predicted octanol–water partition coefficient (Wildman–Crippen LogP) is 10.7. The van der Waals surface area contributed by atoms with Crippen LogP contribution in [0, 0.1) is 17.8 Å². The number of carbonyl (C=O) groups is 2. The van der Waals surface area contributed by atoms with E-state index in [0.717, 1.165) is 103 Å². The second-order valence-electron chi connectivity index (χ2n) is 13.6. The van der Waals surface area contributed by atoms with Gasteiger partial charge in [-0.3, -0.25) is 9.59 Å². The Labute approximate surface area is 277 Å². The fourth-order valence-corrected chi connectivity index (χ4v) is 6.18. The molecule has 264 valence electrons. The highest BCUT2D eigenvalue weighted by Crippen LogP contribution is 2.28. The molecule has 0 aromatic carbocycles. The molecule has 0 aliphatic carbocycles. The molecule has 0 aromatic heterocycles. The minimum atomic E-state index is -0.806. The molecule has 0 bridgehead atoms. The number of hydrogen-bond acceptors (Lipinski definition) is 4. The minimum absolute atomic E-state index is 0.160. The van der Waals surface area contributed by atoms with Gasteiger partial charge in [0.2, 0.25) is 0 Å². The molecule has 6 heteroatoms. The number of aliphatic hydroxyl groups excluding tert-OH is 2. The van der Waals surface area contributed by atoms with E-state index in [1.165, 1.54) is 38.5 Å². The van der Waals surface area contributed by atoms with E-state index < -0.39 is 23.8 Å². The number of hydrogen-bond donors (Lipinski definition) is 4. The molecule has 0 aliphatic rings. The molecular weight excluding hydrogens is 564 g/mol. The molecule has 5 unspecified atom stereocenters. The Balaban J connectivity index is 4.12. The lowest BCUT2D eigenvalue weighted by atomic mass is 9.81. The van der Waals surface area contributed by atoms with Crippen LogP contribution in [0.3, 0.4) is 0 Å². The van der Waals surface area contributed by atoms with Crippen molar-refractivity contribution in [2.75, 3.05) is 0 Å². The van der Waals surface area contributed by atoms with Gasteiger partial charge < -0.3 is 20.4 Å². The van der Waals surface area contributed by atoms with Crippen LogP contribution in [-0.4, -0.2) is 44.6 Å². The summed E-state index contributed by atoms with van der Waals surface area (Å²) in [6.45, 7) is 6.29. The van der Waals surface area contributed by atoms with E-state index in [9.17, 15) is 30.0 Å². The van der Waals surface area contributed by atoms with E-state index in [2.05, 4.69) is 38.2 Å². The van der Waals surface area contributed by atoms with Crippen molar-refractivity contribution in [3.63, 3.8) is 0 Å². The maximum absolute atomic E-state index is 12.0. The summed E-state index contributed by atoms with van der Waals surface area (Å²) in [5, 5.41) is 39.7. The fraction of sp³-hybridized carbons (Fsp3) is 0.846. The third kappa shape index (κ3) is 27.2. The van der Waals surface area contributed by atoms with Crippen molar-refractivity contribution < 1.29 is 30.0 Å². The molecule has 0 aliphatic heterocycles. The Morgan fingerprint density at radius 1 is 0.533 bits per heavy atom. The number of rotatable bonds is 33. The van der Waals surface area contributed by atoms with Gasteiger partial charge in [-0.2, -0.15) is 0 Å². The topological polar surface area (TPSA) is 115 Å². The van der Waals surface area contributed by atoms with Crippen molar-refractivity contribution in [3.8, 4) is 0 Å². The molecule has 0 rings (SSSR count). The van der Waals surface area contributed by atoms with Crippen molar-refractivity contribution in [1.29, 1.82) is 0 Å². The zero-order chi connectivity index (χ0) is 33.5. The third-order valence-electron chi connectivity index (χ3n) is 9.25. The quantitative estimate of drug-likeness (QED) is 0.0421. The minimum Gasteiger partial charge on any atom is -0.481 e. The Hall–Kier alpha value is -1.66. The zero-order valence-electron chi connectivity index (χ0n) is 29.5. The SMILES string of the molecule is CCCCCCC(O)C/C=C/CCCCCCC(CC(C)C(CCCCCC/C=C/CC(O)CCCCCC)C(=O)O)C(=O)O. The molecule has 0 spiro atoms. The number of unbranched alkanes of at least 4 members (excludes halogenated alkanes) is 14. The second kappa shape index (κ2) is 31.0. The molecule has 0 aromatic rings. The predicted molar refractivity (Wildman–Crippen MR) is 188 cm³/mol. The van der Waals surface area contributed by atoms with Gasteiger partial charge in [0.05, 0.1) is 24.0 Å². The van der Waals surface area contributed by atoms with Crippen LogP contribution in [0.1, 0.15) is 181 Å². The summed E-state index contributed by atoms with van der Waals surface area (Å²) in [6.07, 6.45) is 32.3. The van der Waals surface area contributed by atoms with Crippen LogP contribution >= 0.6 is 0 Å². The van der Waals surface area contributed by atoms with Crippen molar-refractivity contribution in [1.82, 2.24) is 0 Å². The van der Waals surface area contributed by atoms with E-state index in [4.69, 9.17) is 0 Å². The van der Waals surface area contributed by atoms with Crippen LogP contribution in [0.4, 0.5) is 0 Å². The first kappa shape index (κ1) is 43.3. The van der Waals surface area contributed by atoms with Gasteiger partial charge in [0.1, 0.15) is 0 Å². The van der Waals surface area contributed by atoms with Crippen molar-refractivity contribution in [2.24, 2.45) is 17.8 Å². The van der Waals surface area contributed by atoms with E-state index in [1.807, 2.05) is 6.92 Å². The smallest absolute Gasteiger partial charge is 0.306 e. The zero-order valence-corrected chi connectivity index (χ0v) is 29.5. The molecule has 4 N–H and O–H groups in total. The summed E-state index contributed by atoms with van der Waals surface area (Å²) in [4.78, 5) is 23.9. The first-order valence-corrected chi connectivity index (χ1v) is 18.8.